The molecule has 0 saturated carbocycles. The van der Waals surface area contributed by atoms with Crippen LogP contribution in [0, 0.1) is 11.3 Å². The third kappa shape index (κ3) is 1.79. The van der Waals surface area contributed by atoms with Crippen LogP contribution in [0.5, 0.6) is 5.75 Å². The number of pyridine rings is 1. The van der Waals surface area contributed by atoms with Crippen LogP contribution in [0.2, 0.25) is 5.15 Å². The van der Waals surface area contributed by atoms with E-state index in [0.29, 0.717) is 0 Å². The Morgan fingerprint density at radius 1 is 1.64 bits per heavy atom. The summed E-state index contributed by atoms with van der Waals surface area (Å²) in [4.78, 5) is 6.92. The predicted molar refractivity (Wildman–Crippen MR) is 35.7 cm³/mol. The van der Waals surface area contributed by atoms with Gasteiger partial charge in [-0.25, -0.2) is 4.98 Å². The number of hydrogen-bond acceptors (Lipinski definition) is 3. The van der Waals surface area contributed by atoms with Crippen LogP contribution in [0.1, 0.15) is 5.69 Å². The molecule has 0 N–H and O–H groups in total. The smallest absolute Gasteiger partial charge is 0.177 e. The maximum absolute atomic E-state index is 11.5. The van der Waals surface area contributed by atoms with E-state index in [9.17, 15) is 4.53 Å². The molecular formula is C6H2ClFN2O. The zero-order valence-electron chi connectivity index (χ0n) is 5.21. The maximum Gasteiger partial charge on any atom is 0.177 e. The van der Waals surface area contributed by atoms with Gasteiger partial charge in [-0.05, 0) is 0 Å². The molecule has 3 nitrogen and oxygen atoms in total. The van der Waals surface area contributed by atoms with E-state index in [1.54, 1.807) is 6.07 Å². The van der Waals surface area contributed by atoms with Crippen LogP contribution < -0.4 is 4.94 Å². The summed E-state index contributed by atoms with van der Waals surface area (Å²) in [5.41, 5.74) is 0.0187. The molecule has 0 aliphatic heterocycles. The van der Waals surface area contributed by atoms with Gasteiger partial charge >= 0.3 is 0 Å². The molecule has 0 aromatic carbocycles. The summed E-state index contributed by atoms with van der Waals surface area (Å²) in [6, 6.07) is 4.01. The average Bonchev–Trinajstić information content (AvgIpc) is 2.03. The summed E-state index contributed by atoms with van der Waals surface area (Å²) in [6.45, 7) is 0. The number of halogens is 2. The monoisotopic (exact) mass is 172 g/mol. The molecule has 0 aliphatic rings. The van der Waals surface area contributed by atoms with E-state index in [1.807, 2.05) is 0 Å². The second kappa shape index (κ2) is 3.17. The largest absolute Gasteiger partial charge is 0.294 e. The highest BCUT2D eigenvalue weighted by atomic mass is 35.5. The van der Waals surface area contributed by atoms with Gasteiger partial charge in [-0.2, -0.15) is 5.26 Å². The first-order chi connectivity index (χ1) is 5.26. The lowest BCUT2D eigenvalue weighted by Crippen LogP contribution is -1.85. The number of hydrogen-bond donors (Lipinski definition) is 0. The van der Waals surface area contributed by atoms with Gasteiger partial charge in [0.15, 0.2) is 5.75 Å². The maximum atomic E-state index is 11.5. The summed E-state index contributed by atoms with van der Waals surface area (Å²) >= 11 is 5.40. The van der Waals surface area contributed by atoms with Crippen molar-refractivity contribution in [3.8, 4) is 11.8 Å². The van der Waals surface area contributed by atoms with Gasteiger partial charge in [0.05, 0.1) is 0 Å². The Morgan fingerprint density at radius 3 is 2.91 bits per heavy atom. The molecule has 1 heterocycles. The molecule has 0 amide bonds. The minimum Gasteiger partial charge on any atom is -0.294 e. The van der Waals surface area contributed by atoms with Gasteiger partial charge in [0.2, 0.25) is 0 Å². The molecule has 1 rings (SSSR count). The Morgan fingerprint density at radius 2 is 2.36 bits per heavy atom. The van der Waals surface area contributed by atoms with Crippen LogP contribution in [0.4, 0.5) is 4.53 Å². The van der Waals surface area contributed by atoms with Crippen LogP contribution in [0.15, 0.2) is 12.1 Å². The Labute approximate surface area is 66.9 Å². The van der Waals surface area contributed by atoms with Crippen molar-refractivity contribution >= 4 is 11.6 Å². The SMILES string of the molecule is N#Cc1cc(OF)cc(Cl)n1. The van der Waals surface area contributed by atoms with E-state index in [0.717, 1.165) is 6.07 Å². The molecule has 0 atom stereocenters. The zero-order chi connectivity index (χ0) is 8.27. The van der Waals surface area contributed by atoms with E-state index in [2.05, 4.69) is 9.93 Å². The first kappa shape index (κ1) is 7.76. The predicted octanol–water partition coefficient (Wildman–Crippen LogP) is 1.87. The Hall–Kier alpha value is -1.34. The second-order valence-corrected chi connectivity index (χ2v) is 2.09. The number of nitrogens with zero attached hydrogens (tertiary/aromatic N) is 2. The minimum absolute atomic E-state index is 0.0187. The second-order valence-electron chi connectivity index (χ2n) is 1.70. The van der Waals surface area contributed by atoms with Gasteiger partial charge in [-0.3, -0.25) is 4.94 Å². The van der Waals surface area contributed by atoms with Gasteiger partial charge in [0, 0.05) is 16.7 Å². The van der Waals surface area contributed by atoms with E-state index < -0.39 is 0 Å². The molecule has 0 saturated heterocycles. The lowest BCUT2D eigenvalue weighted by Gasteiger charge is -1.94. The number of nitriles is 1. The highest BCUT2D eigenvalue weighted by Gasteiger charge is 2.00. The van der Waals surface area contributed by atoms with Crippen molar-refractivity contribution in [1.29, 1.82) is 5.26 Å². The molecule has 1 aromatic heterocycles. The number of aromatic nitrogens is 1. The topological polar surface area (TPSA) is 45.9 Å². The third-order valence-electron chi connectivity index (χ3n) is 0.971. The third-order valence-corrected chi connectivity index (χ3v) is 1.16. The lowest BCUT2D eigenvalue weighted by atomic mass is 10.3. The van der Waals surface area contributed by atoms with Crippen molar-refractivity contribution in [3.63, 3.8) is 0 Å². The van der Waals surface area contributed by atoms with Crippen LogP contribution >= 0.6 is 11.6 Å². The van der Waals surface area contributed by atoms with Crippen LogP contribution in [-0.4, -0.2) is 4.98 Å². The molecule has 0 fully saturated rings. The van der Waals surface area contributed by atoms with Gasteiger partial charge in [-0.1, -0.05) is 11.6 Å². The van der Waals surface area contributed by atoms with E-state index in [4.69, 9.17) is 16.9 Å². The van der Waals surface area contributed by atoms with E-state index in [1.165, 1.54) is 6.07 Å². The lowest BCUT2D eigenvalue weighted by molar-refractivity contribution is -0.00632. The van der Waals surface area contributed by atoms with Crippen molar-refractivity contribution in [2.45, 2.75) is 0 Å². The summed E-state index contributed by atoms with van der Waals surface area (Å²) in [7, 11) is 0. The van der Waals surface area contributed by atoms with Crippen LogP contribution in [0.25, 0.3) is 0 Å². The molecule has 5 heteroatoms. The molecule has 0 bridgehead atoms. The van der Waals surface area contributed by atoms with Crippen molar-refractivity contribution in [2.75, 3.05) is 0 Å². The highest BCUT2D eigenvalue weighted by molar-refractivity contribution is 6.29. The molecule has 0 radical (unpaired) electrons. The van der Waals surface area contributed by atoms with Crippen molar-refractivity contribution < 1.29 is 9.47 Å². The molecular weight excluding hydrogens is 171 g/mol. The normalized spacial score (nSPS) is 8.82. The minimum atomic E-state index is -0.124. The first-order valence-corrected chi connectivity index (χ1v) is 3.00. The van der Waals surface area contributed by atoms with Gasteiger partial charge in [-0.15, -0.1) is 0 Å². The fourth-order valence-electron chi connectivity index (χ4n) is 0.575. The quantitative estimate of drug-likeness (QED) is 0.608. The van der Waals surface area contributed by atoms with Crippen LogP contribution in [0.3, 0.4) is 0 Å². The molecule has 56 valence electrons. The summed E-state index contributed by atoms with van der Waals surface area (Å²) in [5.74, 6) is -0.124. The van der Waals surface area contributed by atoms with Crippen molar-refractivity contribution in [1.82, 2.24) is 4.98 Å². The number of rotatable bonds is 1. The van der Waals surface area contributed by atoms with Gasteiger partial charge < -0.3 is 0 Å². The zero-order valence-corrected chi connectivity index (χ0v) is 5.97. The highest BCUT2D eigenvalue weighted by Crippen LogP contribution is 2.17. The van der Waals surface area contributed by atoms with Crippen molar-refractivity contribution in [2.24, 2.45) is 0 Å². The Balaban J connectivity index is 3.15. The summed E-state index contributed by atoms with van der Waals surface area (Å²) in [6.07, 6.45) is 0. The summed E-state index contributed by atoms with van der Waals surface area (Å²) in [5, 5.41) is 8.36. The fourth-order valence-corrected chi connectivity index (χ4v) is 0.774. The van der Waals surface area contributed by atoms with Crippen molar-refractivity contribution in [3.05, 3.63) is 23.0 Å². The average molecular weight is 173 g/mol. The van der Waals surface area contributed by atoms with E-state index >= 15 is 0 Å². The Bertz CT molecular complexity index is 310. The summed E-state index contributed by atoms with van der Waals surface area (Å²) < 4.78 is 11.5. The van der Waals surface area contributed by atoms with E-state index in [-0.39, 0.29) is 16.6 Å². The van der Waals surface area contributed by atoms with Crippen LogP contribution in [-0.2, 0) is 0 Å². The van der Waals surface area contributed by atoms with Gasteiger partial charge in [0.1, 0.15) is 16.9 Å². The Kier molecular flexibility index (Phi) is 2.24. The molecule has 0 spiro atoms. The van der Waals surface area contributed by atoms with Gasteiger partial charge in [0.25, 0.3) is 0 Å². The first-order valence-electron chi connectivity index (χ1n) is 2.62. The molecule has 1 aromatic rings. The molecule has 0 unspecified atom stereocenters. The standard InChI is InChI=1S/C6H2ClFN2O/c7-6-2-5(11-8)1-4(3-9)10-6/h1-2H. The molecule has 11 heavy (non-hydrogen) atoms. The fraction of sp³-hybridized carbons (Fsp3) is 0. The molecule has 0 aliphatic carbocycles.